The lowest BCUT2D eigenvalue weighted by atomic mass is 10.1. The predicted octanol–water partition coefficient (Wildman–Crippen LogP) is 3.03. The molecule has 3 nitrogen and oxygen atoms in total. The van der Waals surface area contributed by atoms with Crippen LogP contribution in [-0.2, 0) is 0 Å². The van der Waals surface area contributed by atoms with E-state index in [0.29, 0.717) is 23.4 Å². The highest BCUT2D eigenvalue weighted by Gasteiger charge is 2.13. The Morgan fingerprint density at radius 2 is 1.88 bits per heavy atom. The molecule has 5 heteroatoms. The van der Waals surface area contributed by atoms with Gasteiger partial charge in [-0.15, -0.1) is 0 Å². The van der Waals surface area contributed by atoms with Gasteiger partial charge in [0.05, 0.1) is 6.04 Å². The molecule has 0 aliphatic carbocycles. The second-order valence-corrected chi connectivity index (χ2v) is 3.79. The minimum Gasteiger partial charge on any atom is -0.359 e. The Hall–Kier alpha value is -1.75. The van der Waals surface area contributed by atoms with Crippen LogP contribution in [0.1, 0.15) is 25.1 Å². The number of benzene rings is 1. The van der Waals surface area contributed by atoms with Crippen molar-refractivity contribution >= 4 is 0 Å². The van der Waals surface area contributed by atoms with E-state index in [2.05, 4.69) is 5.16 Å². The van der Waals surface area contributed by atoms with E-state index in [9.17, 15) is 8.78 Å². The van der Waals surface area contributed by atoms with Crippen LogP contribution in [0.25, 0.3) is 11.3 Å². The van der Waals surface area contributed by atoms with Crippen LogP contribution in [0.5, 0.6) is 0 Å². The number of rotatable bonds is 3. The summed E-state index contributed by atoms with van der Waals surface area (Å²) in [4.78, 5) is 0. The highest BCUT2D eigenvalue weighted by molar-refractivity contribution is 5.59. The Morgan fingerprint density at radius 1 is 1.24 bits per heavy atom. The minimum absolute atomic E-state index is 0.255. The number of nitrogens with zero attached hydrogens (tertiary/aromatic N) is 1. The SMILES string of the molecule is CCC(N)c1cc(-c2cc(F)cc(F)c2)no1. The van der Waals surface area contributed by atoms with Crippen molar-refractivity contribution in [2.24, 2.45) is 5.73 Å². The average molecular weight is 238 g/mol. The lowest BCUT2D eigenvalue weighted by Crippen LogP contribution is -2.06. The van der Waals surface area contributed by atoms with Gasteiger partial charge in [-0.25, -0.2) is 8.78 Å². The molecule has 0 fully saturated rings. The molecule has 0 saturated heterocycles. The van der Waals surface area contributed by atoms with E-state index in [1.54, 1.807) is 6.07 Å². The summed E-state index contributed by atoms with van der Waals surface area (Å²) in [5.74, 6) is -0.791. The van der Waals surface area contributed by atoms with E-state index in [1.165, 1.54) is 12.1 Å². The number of hydrogen-bond acceptors (Lipinski definition) is 3. The minimum atomic E-state index is -0.649. The molecular formula is C12H12F2N2O. The molecule has 0 amide bonds. The van der Waals surface area contributed by atoms with Crippen molar-refractivity contribution in [3.63, 3.8) is 0 Å². The monoisotopic (exact) mass is 238 g/mol. The molecule has 0 spiro atoms. The highest BCUT2D eigenvalue weighted by atomic mass is 19.1. The third-order valence-corrected chi connectivity index (χ3v) is 2.49. The molecule has 0 saturated carbocycles. The molecule has 0 bridgehead atoms. The molecule has 17 heavy (non-hydrogen) atoms. The summed E-state index contributed by atoms with van der Waals surface area (Å²) in [5.41, 5.74) is 6.47. The Labute approximate surface area is 97.2 Å². The zero-order valence-electron chi connectivity index (χ0n) is 9.28. The summed E-state index contributed by atoms with van der Waals surface area (Å²) in [6, 6.07) is 4.55. The molecule has 0 aliphatic heterocycles. The van der Waals surface area contributed by atoms with Crippen molar-refractivity contribution in [2.45, 2.75) is 19.4 Å². The van der Waals surface area contributed by atoms with Crippen LogP contribution in [-0.4, -0.2) is 5.16 Å². The van der Waals surface area contributed by atoms with Gasteiger partial charge in [-0.3, -0.25) is 0 Å². The van der Waals surface area contributed by atoms with E-state index in [1.807, 2.05) is 6.92 Å². The average Bonchev–Trinajstić information content (AvgIpc) is 2.76. The number of aromatic nitrogens is 1. The maximum atomic E-state index is 13.0. The number of halogens is 2. The van der Waals surface area contributed by atoms with Gasteiger partial charge in [-0.1, -0.05) is 12.1 Å². The molecule has 2 aromatic rings. The maximum Gasteiger partial charge on any atom is 0.154 e. The first-order valence-corrected chi connectivity index (χ1v) is 5.29. The van der Waals surface area contributed by atoms with E-state index in [4.69, 9.17) is 10.3 Å². The molecule has 1 aromatic heterocycles. The molecule has 1 aromatic carbocycles. The topological polar surface area (TPSA) is 52.0 Å². The fraction of sp³-hybridized carbons (Fsp3) is 0.250. The fourth-order valence-electron chi connectivity index (χ4n) is 1.50. The van der Waals surface area contributed by atoms with Crippen LogP contribution in [0.2, 0.25) is 0 Å². The molecule has 2 rings (SSSR count). The van der Waals surface area contributed by atoms with Gasteiger partial charge in [0.15, 0.2) is 5.76 Å². The normalized spacial score (nSPS) is 12.7. The number of nitrogens with two attached hydrogens (primary N) is 1. The molecule has 1 atom stereocenters. The van der Waals surface area contributed by atoms with E-state index in [0.717, 1.165) is 6.07 Å². The Morgan fingerprint density at radius 3 is 2.47 bits per heavy atom. The lowest BCUT2D eigenvalue weighted by molar-refractivity contribution is 0.360. The maximum absolute atomic E-state index is 13.0. The van der Waals surface area contributed by atoms with Gasteiger partial charge in [0, 0.05) is 17.7 Å². The van der Waals surface area contributed by atoms with Crippen LogP contribution < -0.4 is 5.73 Å². The van der Waals surface area contributed by atoms with Crippen molar-refractivity contribution in [1.29, 1.82) is 0 Å². The van der Waals surface area contributed by atoms with Gasteiger partial charge in [-0.05, 0) is 18.6 Å². The summed E-state index contributed by atoms with van der Waals surface area (Å²) >= 11 is 0. The fourth-order valence-corrected chi connectivity index (χ4v) is 1.50. The van der Waals surface area contributed by atoms with Crippen molar-refractivity contribution in [2.75, 3.05) is 0 Å². The zero-order valence-corrected chi connectivity index (χ0v) is 9.28. The van der Waals surface area contributed by atoms with E-state index < -0.39 is 11.6 Å². The Balaban J connectivity index is 2.36. The zero-order chi connectivity index (χ0) is 12.4. The smallest absolute Gasteiger partial charge is 0.154 e. The second kappa shape index (κ2) is 4.63. The third kappa shape index (κ3) is 2.50. The van der Waals surface area contributed by atoms with Crippen molar-refractivity contribution in [3.8, 4) is 11.3 Å². The molecule has 2 N–H and O–H groups in total. The Bertz CT molecular complexity index is 505. The van der Waals surface area contributed by atoms with Crippen LogP contribution >= 0.6 is 0 Å². The van der Waals surface area contributed by atoms with Gasteiger partial charge in [0.2, 0.25) is 0 Å². The highest BCUT2D eigenvalue weighted by Crippen LogP contribution is 2.24. The van der Waals surface area contributed by atoms with Crippen molar-refractivity contribution in [1.82, 2.24) is 5.16 Å². The second-order valence-electron chi connectivity index (χ2n) is 3.79. The summed E-state index contributed by atoms with van der Waals surface area (Å²) in [6.07, 6.45) is 0.701. The van der Waals surface area contributed by atoms with Crippen LogP contribution in [0, 0.1) is 11.6 Å². The van der Waals surface area contributed by atoms with Gasteiger partial charge in [0.1, 0.15) is 17.3 Å². The summed E-state index contributed by atoms with van der Waals surface area (Å²) < 4.78 is 31.1. The summed E-state index contributed by atoms with van der Waals surface area (Å²) in [6.45, 7) is 1.91. The lowest BCUT2D eigenvalue weighted by Gasteiger charge is -2.00. The predicted molar refractivity (Wildman–Crippen MR) is 59.1 cm³/mol. The van der Waals surface area contributed by atoms with Gasteiger partial charge in [0.25, 0.3) is 0 Å². The molecule has 0 aliphatic rings. The van der Waals surface area contributed by atoms with Gasteiger partial charge >= 0.3 is 0 Å². The van der Waals surface area contributed by atoms with Crippen LogP contribution in [0.3, 0.4) is 0 Å². The first-order chi connectivity index (χ1) is 8.10. The van der Waals surface area contributed by atoms with Crippen molar-refractivity contribution in [3.05, 3.63) is 41.7 Å². The largest absolute Gasteiger partial charge is 0.359 e. The van der Waals surface area contributed by atoms with E-state index in [-0.39, 0.29) is 6.04 Å². The standard InChI is InChI=1S/C12H12F2N2O/c1-2-10(15)12-6-11(16-17-12)7-3-8(13)5-9(14)4-7/h3-6,10H,2,15H2,1H3. The molecule has 1 heterocycles. The molecule has 0 radical (unpaired) electrons. The van der Waals surface area contributed by atoms with Crippen molar-refractivity contribution < 1.29 is 13.3 Å². The number of hydrogen-bond donors (Lipinski definition) is 1. The van der Waals surface area contributed by atoms with Gasteiger partial charge < -0.3 is 10.3 Å². The molecular weight excluding hydrogens is 226 g/mol. The quantitative estimate of drug-likeness (QED) is 0.894. The van der Waals surface area contributed by atoms with Gasteiger partial charge in [-0.2, -0.15) is 0 Å². The molecule has 1 unspecified atom stereocenters. The first kappa shape index (κ1) is 11.7. The van der Waals surface area contributed by atoms with Crippen LogP contribution in [0.15, 0.2) is 28.8 Å². The third-order valence-electron chi connectivity index (χ3n) is 2.49. The summed E-state index contributed by atoms with van der Waals surface area (Å²) in [5, 5.41) is 3.75. The van der Waals surface area contributed by atoms with E-state index >= 15 is 0 Å². The Kier molecular flexibility index (Phi) is 3.19. The molecule has 90 valence electrons. The summed E-state index contributed by atoms with van der Waals surface area (Å²) in [7, 11) is 0. The first-order valence-electron chi connectivity index (χ1n) is 5.29. The van der Waals surface area contributed by atoms with Crippen LogP contribution in [0.4, 0.5) is 8.78 Å².